The first-order chi connectivity index (χ1) is 11.2. The van der Waals surface area contributed by atoms with Crippen molar-refractivity contribution in [2.45, 2.75) is 39.5 Å². The second-order valence-electron chi connectivity index (χ2n) is 6.61. The molecule has 128 valence electrons. The van der Waals surface area contributed by atoms with Crippen molar-refractivity contribution in [1.29, 1.82) is 0 Å². The Bertz CT molecular complexity index is 720. The summed E-state index contributed by atoms with van der Waals surface area (Å²) >= 11 is 0. The summed E-state index contributed by atoms with van der Waals surface area (Å²) in [6, 6.07) is 11.7. The van der Waals surface area contributed by atoms with Gasteiger partial charge in [-0.15, -0.1) is 0 Å². The first-order valence-electron chi connectivity index (χ1n) is 7.76. The summed E-state index contributed by atoms with van der Waals surface area (Å²) in [6.07, 6.45) is 0. The maximum absolute atomic E-state index is 12.1. The van der Waals surface area contributed by atoms with Crippen LogP contribution in [0.5, 0.6) is 11.5 Å². The zero-order valence-corrected chi connectivity index (χ0v) is 14.2. The molecular formula is C19H23NO4. The van der Waals surface area contributed by atoms with Crippen LogP contribution in [-0.4, -0.2) is 21.7 Å². The third-order valence-electron chi connectivity index (χ3n) is 3.34. The van der Waals surface area contributed by atoms with Crippen LogP contribution in [0, 0.1) is 0 Å². The van der Waals surface area contributed by atoms with Crippen LogP contribution in [0.2, 0.25) is 0 Å². The highest BCUT2D eigenvalue weighted by Gasteiger charge is 2.12. The zero-order valence-electron chi connectivity index (χ0n) is 14.2. The Kier molecular flexibility index (Phi) is 5.46. The number of phenols is 2. The minimum absolute atomic E-state index is 0.0874. The molecule has 0 fully saturated rings. The maximum Gasteiger partial charge on any atom is 0.255 e. The predicted molar refractivity (Wildman–Crippen MR) is 91.9 cm³/mol. The second-order valence-corrected chi connectivity index (χ2v) is 6.61. The summed E-state index contributed by atoms with van der Waals surface area (Å²) in [5.74, 6) is -0.737. The number of amides is 1. The van der Waals surface area contributed by atoms with Crippen molar-refractivity contribution in [2.75, 3.05) is 0 Å². The van der Waals surface area contributed by atoms with E-state index in [1.807, 2.05) is 45.0 Å². The molecule has 0 saturated carbocycles. The van der Waals surface area contributed by atoms with Crippen LogP contribution >= 0.6 is 0 Å². The fourth-order valence-electron chi connectivity index (χ4n) is 2.12. The molecule has 2 rings (SSSR count). The molecule has 0 aliphatic rings. The van der Waals surface area contributed by atoms with E-state index in [4.69, 9.17) is 4.74 Å². The molecule has 2 aromatic rings. The van der Waals surface area contributed by atoms with E-state index >= 15 is 0 Å². The van der Waals surface area contributed by atoms with E-state index in [-0.39, 0.29) is 22.7 Å². The second kappa shape index (κ2) is 7.36. The van der Waals surface area contributed by atoms with E-state index in [9.17, 15) is 15.0 Å². The van der Waals surface area contributed by atoms with Gasteiger partial charge < -0.3 is 20.3 Å². The number of aromatic hydroxyl groups is 2. The van der Waals surface area contributed by atoms with Crippen LogP contribution in [0.25, 0.3) is 0 Å². The quantitative estimate of drug-likeness (QED) is 0.786. The molecule has 0 spiro atoms. The Morgan fingerprint density at radius 3 is 2.46 bits per heavy atom. The lowest BCUT2D eigenvalue weighted by Crippen LogP contribution is -2.23. The van der Waals surface area contributed by atoms with Crippen LogP contribution in [0.4, 0.5) is 0 Å². The van der Waals surface area contributed by atoms with Crippen molar-refractivity contribution < 1.29 is 19.7 Å². The number of carbonyl (C=O) groups is 1. The van der Waals surface area contributed by atoms with Crippen molar-refractivity contribution >= 4 is 5.91 Å². The van der Waals surface area contributed by atoms with Gasteiger partial charge in [-0.3, -0.25) is 4.79 Å². The summed E-state index contributed by atoms with van der Waals surface area (Å²) in [6.45, 7) is 6.84. The maximum atomic E-state index is 12.1. The lowest BCUT2D eigenvalue weighted by atomic mass is 10.1. The van der Waals surface area contributed by atoms with Gasteiger partial charge in [-0.1, -0.05) is 24.3 Å². The normalized spacial score (nSPS) is 11.3. The average Bonchev–Trinajstić information content (AvgIpc) is 2.50. The molecule has 0 saturated heterocycles. The molecule has 0 bridgehead atoms. The van der Waals surface area contributed by atoms with Crippen molar-refractivity contribution in [3.05, 3.63) is 59.2 Å². The topological polar surface area (TPSA) is 78.8 Å². The Morgan fingerprint density at radius 2 is 1.79 bits per heavy atom. The van der Waals surface area contributed by atoms with Gasteiger partial charge in [-0.05, 0) is 44.0 Å². The Labute approximate surface area is 141 Å². The molecule has 1 amide bonds. The number of carbonyl (C=O) groups excluding carboxylic acids is 1. The highest BCUT2D eigenvalue weighted by Crippen LogP contribution is 2.22. The van der Waals surface area contributed by atoms with E-state index in [1.165, 1.54) is 12.1 Å². The van der Waals surface area contributed by atoms with Gasteiger partial charge in [-0.25, -0.2) is 0 Å². The zero-order chi connectivity index (χ0) is 17.7. The van der Waals surface area contributed by atoms with Crippen molar-refractivity contribution in [3.8, 4) is 11.5 Å². The Hall–Kier alpha value is -2.53. The molecule has 3 N–H and O–H groups in total. The SMILES string of the molecule is CC(C)(C)OCc1cccc(CNC(=O)c2ccc(O)cc2O)c1. The summed E-state index contributed by atoms with van der Waals surface area (Å²) in [5, 5.41) is 21.7. The molecule has 0 aliphatic carbocycles. The molecule has 5 heteroatoms. The van der Waals surface area contributed by atoms with Crippen LogP contribution in [-0.2, 0) is 17.9 Å². The average molecular weight is 329 g/mol. The van der Waals surface area contributed by atoms with Crippen molar-refractivity contribution in [1.82, 2.24) is 5.32 Å². The molecule has 24 heavy (non-hydrogen) atoms. The monoisotopic (exact) mass is 329 g/mol. The fraction of sp³-hybridized carbons (Fsp3) is 0.316. The number of ether oxygens (including phenoxy) is 1. The van der Waals surface area contributed by atoms with Gasteiger partial charge in [0.25, 0.3) is 5.91 Å². The minimum Gasteiger partial charge on any atom is -0.508 e. The first kappa shape index (κ1) is 17.8. The Morgan fingerprint density at radius 1 is 1.08 bits per heavy atom. The number of nitrogens with one attached hydrogen (secondary N) is 1. The van der Waals surface area contributed by atoms with Gasteiger partial charge in [0.15, 0.2) is 0 Å². The summed E-state index contributed by atoms with van der Waals surface area (Å²) in [5.41, 5.74) is 1.89. The highest BCUT2D eigenvalue weighted by molar-refractivity contribution is 5.96. The van der Waals surface area contributed by atoms with Crippen LogP contribution in [0.1, 0.15) is 42.3 Å². The molecule has 0 radical (unpaired) electrons. The van der Waals surface area contributed by atoms with Gasteiger partial charge >= 0.3 is 0 Å². The van der Waals surface area contributed by atoms with E-state index < -0.39 is 5.91 Å². The molecular weight excluding hydrogens is 306 g/mol. The summed E-state index contributed by atoms with van der Waals surface area (Å²) < 4.78 is 5.75. The number of phenolic OH excluding ortho intramolecular Hbond substituents is 2. The van der Waals surface area contributed by atoms with Crippen LogP contribution < -0.4 is 5.32 Å². The first-order valence-corrected chi connectivity index (χ1v) is 7.76. The molecule has 0 aromatic heterocycles. The fourth-order valence-corrected chi connectivity index (χ4v) is 2.12. The number of rotatable bonds is 5. The largest absolute Gasteiger partial charge is 0.508 e. The standard InChI is InChI=1S/C19H23NO4/c1-19(2,3)24-12-14-6-4-5-13(9-14)11-20-18(23)16-8-7-15(21)10-17(16)22/h4-10,21-22H,11-12H2,1-3H3,(H,20,23). The van der Waals surface area contributed by atoms with Gasteiger partial charge in [0.1, 0.15) is 11.5 Å². The molecule has 0 heterocycles. The third-order valence-corrected chi connectivity index (χ3v) is 3.34. The van der Waals surface area contributed by atoms with Gasteiger partial charge in [0.2, 0.25) is 0 Å². The van der Waals surface area contributed by atoms with Crippen LogP contribution in [0.3, 0.4) is 0 Å². The smallest absolute Gasteiger partial charge is 0.255 e. The lowest BCUT2D eigenvalue weighted by Gasteiger charge is -2.19. The van der Waals surface area contributed by atoms with E-state index in [2.05, 4.69) is 5.32 Å². The van der Waals surface area contributed by atoms with E-state index in [0.29, 0.717) is 13.2 Å². The number of benzene rings is 2. The van der Waals surface area contributed by atoms with E-state index in [1.54, 1.807) is 0 Å². The number of hydrogen-bond acceptors (Lipinski definition) is 4. The lowest BCUT2D eigenvalue weighted by molar-refractivity contribution is -0.0149. The Balaban J connectivity index is 1.97. The predicted octanol–water partition coefficient (Wildman–Crippen LogP) is 3.34. The minimum atomic E-state index is -0.399. The summed E-state index contributed by atoms with van der Waals surface area (Å²) in [4.78, 5) is 12.1. The van der Waals surface area contributed by atoms with Gasteiger partial charge in [0, 0.05) is 12.6 Å². The molecule has 2 aromatic carbocycles. The molecule has 0 aliphatic heterocycles. The summed E-state index contributed by atoms with van der Waals surface area (Å²) in [7, 11) is 0. The highest BCUT2D eigenvalue weighted by atomic mass is 16.5. The van der Waals surface area contributed by atoms with Gasteiger partial charge in [-0.2, -0.15) is 0 Å². The van der Waals surface area contributed by atoms with Crippen molar-refractivity contribution in [3.63, 3.8) is 0 Å². The number of hydrogen-bond donors (Lipinski definition) is 3. The third kappa shape index (κ3) is 5.28. The van der Waals surface area contributed by atoms with Crippen molar-refractivity contribution in [2.24, 2.45) is 0 Å². The molecule has 0 atom stereocenters. The van der Waals surface area contributed by atoms with Crippen LogP contribution in [0.15, 0.2) is 42.5 Å². The van der Waals surface area contributed by atoms with E-state index in [0.717, 1.165) is 17.2 Å². The van der Waals surface area contributed by atoms with Gasteiger partial charge in [0.05, 0.1) is 17.8 Å². The molecule has 0 unspecified atom stereocenters. The molecule has 5 nitrogen and oxygen atoms in total.